The summed E-state index contributed by atoms with van der Waals surface area (Å²) in [5.41, 5.74) is -1.15. The quantitative estimate of drug-likeness (QED) is 0.264. The number of carbonyl (C=O) groups is 1. The van der Waals surface area contributed by atoms with Crippen LogP contribution in [0.5, 0.6) is 0 Å². The predicted octanol–water partition coefficient (Wildman–Crippen LogP) is 4.27. The normalized spacial score (nSPS) is 50.9. The summed E-state index contributed by atoms with van der Waals surface area (Å²) in [6.45, 7) is 15.6. The van der Waals surface area contributed by atoms with Gasteiger partial charge in [-0.3, -0.25) is 4.79 Å². The predicted molar refractivity (Wildman–Crippen MR) is 172 cm³/mol. The van der Waals surface area contributed by atoms with E-state index < -0.39 is 59.6 Å². The van der Waals surface area contributed by atoms with E-state index in [1.165, 1.54) is 7.11 Å². The summed E-state index contributed by atoms with van der Waals surface area (Å²) in [5.74, 6) is -4.52. The molecule has 0 aliphatic carbocycles. The zero-order valence-corrected chi connectivity index (χ0v) is 30.0. The summed E-state index contributed by atoms with van der Waals surface area (Å²) >= 11 is 0. The Morgan fingerprint density at radius 2 is 1.72 bits per heavy atom. The van der Waals surface area contributed by atoms with E-state index in [9.17, 15) is 25.2 Å². The van der Waals surface area contributed by atoms with Crippen molar-refractivity contribution in [2.75, 3.05) is 13.7 Å². The summed E-state index contributed by atoms with van der Waals surface area (Å²) in [6, 6.07) is 0. The van der Waals surface area contributed by atoms with Crippen molar-refractivity contribution in [1.82, 2.24) is 0 Å². The first-order valence-corrected chi connectivity index (χ1v) is 18.1. The summed E-state index contributed by atoms with van der Waals surface area (Å²) in [6.07, 6.45) is 2.99. The Kier molecular flexibility index (Phi) is 10.9. The van der Waals surface area contributed by atoms with Crippen molar-refractivity contribution >= 4 is 5.97 Å². The van der Waals surface area contributed by atoms with E-state index in [0.717, 1.165) is 32.1 Å². The molecule has 5 aliphatic heterocycles. The number of hydrogen-bond acceptors (Lipinski definition) is 10. The largest absolute Gasteiger partial charge is 0.481 e. The van der Waals surface area contributed by atoms with Gasteiger partial charge in [0.1, 0.15) is 0 Å². The molecule has 47 heavy (non-hydrogen) atoms. The molecule has 0 amide bonds. The molecule has 4 N–H and O–H groups in total. The first-order valence-electron chi connectivity index (χ1n) is 18.1. The third-order valence-corrected chi connectivity index (χ3v) is 13.0. The minimum atomic E-state index is -1.56. The van der Waals surface area contributed by atoms with Gasteiger partial charge in [-0.2, -0.15) is 0 Å². The Hall–Kier alpha value is -0.890. The lowest BCUT2D eigenvalue weighted by Crippen LogP contribution is -2.57. The van der Waals surface area contributed by atoms with Crippen molar-refractivity contribution < 1.29 is 53.6 Å². The zero-order valence-electron chi connectivity index (χ0n) is 30.0. The van der Waals surface area contributed by atoms with Gasteiger partial charge in [0.15, 0.2) is 11.6 Å². The van der Waals surface area contributed by atoms with Crippen molar-refractivity contribution in [2.45, 2.75) is 172 Å². The molecule has 5 rings (SSSR count). The lowest BCUT2D eigenvalue weighted by atomic mass is 9.78. The number of aliphatic hydroxyl groups is 3. The smallest absolute Gasteiger partial charge is 0.308 e. The van der Waals surface area contributed by atoms with E-state index in [2.05, 4.69) is 27.7 Å². The molecule has 5 aliphatic rings. The van der Waals surface area contributed by atoms with Crippen molar-refractivity contribution in [3.63, 3.8) is 0 Å². The molecule has 5 saturated heterocycles. The van der Waals surface area contributed by atoms with Crippen molar-refractivity contribution in [3.8, 4) is 0 Å². The fourth-order valence-corrected chi connectivity index (χ4v) is 9.91. The molecule has 272 valence electrons. The number of rotatable bonds is 10. The topological polar surface area (TPSA) is 153 Å². The van der Waals surface area contributed by atoms with Crippen LogP contribution in [0.4, 0.5) is 0 Å². The fourth-order valence-electron chi connectivity index (χ4n) is 9.91. The Bertz CT molecular complexity index is 1110. The maximum atomic E-state index is 11.8. The average molecular weight is 671 g/mol. The van der Waals surface area contributed by atoms with Gasteiger partial charge in [0, 0.05) is 37.7 Å². The van der Waals surface area contributed by atoms with Gasteiger partial charge in [-0.1, -0.05) is 41.5 Å². The molecule has 17 atom stereocenters. The van der Waals surface area contributed by atoms with Crippen LogP contribution in [-0.2, 0) is 33.2 Å². The number of aliphatic carboxylic acids is 1. The number of methoxy groups -OCH3 is 1. The van der Waals surface area contributed by atoms with Crippen LogP contribution in [0.1, 0.15) is 107 Å². The highest BCUT2D eigenvalue weighted by atomic mass is 16.7. The van der Waals surface area contributed by atoms with Gasteiger partial charge in [0.2, 0.25) is 0 Å². The molecular formula is C36H62O11. The number of carboxylic acids is 1. The third kappa shape index (κ3) is 6.67. The first-order chi connectivity index (χ1) is 22.0. The second kappa shape index (κ2) is 13.7. The molecule has 0 radical (unpaired) electrons. The minimum Gasteiger partial charge on any atom is -0.481 e. The standard InChI is InChI=1S/C36H62O11/c1-10-34(31-20(3)16-26(43-31)28-19(2)15-21(4)36(41,18-37)46-28)12-11-27(44-34)33(8)13-14-35(47-33)17-25(38)22(5)30(45-35)23(6)29(42-9)24(7)32(39)40/h19-31,37-38,41H,10-18H2,1-9H3,(H,39,40)/t19-,20-,21+,22+,23-,24-,25-,26+,27+,28?,29+,30-,31?,33-,34-,35+,36-/m0/s1. The van der Waals surface area contributed by atoms with Gasteiger partial charge < -0.3 is 48.8 Å². The number of ether oxygens (including phenoxy) is 6. The molecule has 5 heterocycles. The Morgan fingerprint density at radius 1 is 1.02 bits per heavy atom. The van der Waals surface area contributed by atoms with Gasteiger partial charge in [-0.25, -0.2) is 0 Å². The molecule has 0 bridgehead atoms. The lowest BCUT2D eigenvalue weighted by molar-refractivity contribution is -0.336. The SMILES string of the molecule is CC[C@@]1(C2O[C@@H](C3O[C@@](O)(CO)[C@H](C)C[C@@H]3C)C[C@@H]2C)CC[C@H]([C@]2(C)CC[C@]3(C[C@H](O)[C@@H](C)[C@@H]([C@@H](C)[C@@H](OC)[C@H](C)C(=O)O)O3)O2)O1. The molecule has 0 aromatic heterocycles. The van der Waals surface area contributed by atoms with Crippen molar-refractivity contribution in [3.05, 3.63) is 0 Å². The molecule has 0 saturated carbocycles. The molecule has 5 fully saturated rings. The maximum Gasteiger partial charge on any atom is 0.308 e. The van der Waals surface area contributed by atoms with Gasteiger partial charge in [-0.05, 0) is 64.2 Å². The van der Waals surface area contributed by atoms with Gasteiger partial charge >= 0.3 is 5.97 Å². The third-order valence-electron chi connectivity index (χ3n) is 13.0. The van der Waals surface area contributed by atoms with Crippen LogP contribution in [0.2, 0.25) is 0 Å². The van der Waals surface area contributed by atoms with Crippen LogP contribution in [-0.4, -0.2) is 106 Å². The Balaban J connectivity index is 1.29. The summed E-state index contributed by atoms with van der Waals surface area (Å²) in [5, 5.41) is 41.8. The fraction of sp³-hybridized carbons (Fsp3) is 0.972. The Labute approximate surface area is 281 Å². The molecule has 11 nitrogen and oxygen atoms in total. The maximum absolute atomic E-state index is 11.8. The van der Waals surface area contributed by atoms with E-state index in [4.69, 9.17) is 28.4 Å². The number of hydrogen-bond donors (Lipinski definition) is 4. The summed E-state index contributed by atoms with van der Waals surface area (Å²) in [4.78, 5) is 11.8. The van der Waals surface area contributed by atoms with E-state index >= 15 is 0 Å². The summed E-state index contributed by atoms with van der Waals surface area (Å²) in [7, 11) is 1.52. The highest BCUT2D eigenvalue weighted by Crippen LogP contribution is 2.55. The second-order valence-electron chi connectivity index (χ2n) is 16.3. The second-order valence-corrected chi connectivity index (χ2v) is 16.3. The zero-order chi connectivity index (χ0) is 34.7. The first kappa shape index (κ1) is 37.4. The molecule has 0 aromatic carbocycles. The minimum absolute atomic E-state index is 0.153. The molecular weight excluding hydrogens is 608 g/mol. The Morgan fingerprint density at radius 3 is 2.34 bits per heavy atom. The van der Waals surface area contributed by atoms with Gasteiger partial charge in [-0.15, -0.1) is 0 Å². The van der Waals surface area contributed by atoms with E-state index in [1.807, 2.05) is 20.8 Å². The van der Waals surface area contributed by atoms with Crippen LogP contribution >= 0.6 is 0 Å². The molecule has 11 heteroatoms. The lowest BCUT2D eigenvalue weighted by Gasteiger charge is -2.49. The highest BCUT2D eigenvalue weighted by molar-refractivity contribution is 5.70. The van der Waals surface area contributed by atoms with Gasteiger partial charge in [0.05, 0.1) is 66.5 Å². The number of aliphatic hydroxyl groups excluding tert-OH is 2. The molecule has 1 spiro atoms. The van der Waals surface area contributed by atoms with Crippen LogP contribution in [0.3, 0.4) is 0 Å². The van der Waals surface area contributed by atoms with Crippen LogP contribution in [0.15, 0.2) is 0 Å². The van der Waals surface area contributed by atoms with Crippen LogP contribution < -0.4 is 0 Å². The highest BCUT2D eigenvalue weighted by Gasteiger charge is 2.62. The summed E-state index contributed by atoms with van der Waals surface area (Å²) < 4.78 is 39.4. The van der Waals surface area contributed by atoms with Crippen LogP contribution in [0, 0.1) is 35.5 Å². The van der Waals surface area contributed by atoms with E-state index in [0.29, 0.717) is 19.3 Å². The average Bonchev–Trinajstić information content (AvgIpc) is 3.73. The van der Waals surface area contributed by atoms with E-state index in [-0.39, 0.29) is 54.0 Å². The molecule has 0 aromatic rings. The molecule has 2 unspecified atom stereocenters. The number of carboxylic acid groups (broad SMARTS) is 1. The van der Waals surface area contributed by atoms with Crippen molar-refractivity contribution in [1.29, 1.82) is 0 Å². The van der Waals surface area contributed by atoms with E-state index in [1.54, 1.807) is 6.92 Å². The van der Waals surface area contributed by atoms with Crippen LogP contribution in [0.25, 0.3) is 0 Å². The van der Waals surface area contributed by atoms with Gasteiger partial charge in [0.25, 0.3) is 0 Å². The monoisotopic (exact) mass is 670 g/mol. The van der Waals surface area contributed by atoms with Crippen molar-refractivity contribution in [2.24, 2.45) is 35.5 Å².